The molecule has 0 spiro atoms. The van der Waals surface area contributed by atoms with Gasteiger partial charge in [-0.05, 0) is 65.1 Å². The lowest BCUT2D eigenvalue weighted by Gasteiger charge is -2.37. The van der Waals surface area contributed by atoms with E-state index < -0.39 is 5.54 Å². The summed E-state index contributed by atoms with van der Waals surface area (Å²) in [5.74, 6) is 0.610. The molecule has 0 aromatic heterocycles. The van der Waals surface area contributed by atoms with E-state index in [9.17, 15) is 4.79 Å². The summed E-state index contributed by atoms with van der Waals surface area (Å²) in [6.45, 7) is 11.6. The molecule has 1 fully saturated rings. The molecule has 3 unspecified atom stereocenters. The fourth-order valence-electron chi connectivity index (χ4n) is 3.11. The van der Waals surface area contributed by atoms with Crippen molar-refractivity contribution in [2.75, 3.05) is 19.6 Å². The number of hydrogen-bond donors (Lipinski definition) is 2. The van der Waals surface area contributed by atoms with E-state index in [0.717, 1.165) is 31.8 Å². The summed E-state index contributed by atoms with van der Waals surface area (Å²) in [5, 5.41) is 3.22. The van der Waals surface area contributed by atoms with Crippen molar-refractivity contribution in [1.29, 1.82) is 0 Å². The van der Waals surface area contributed by atoms with Crippen molar-refractivity contribution < 1.29 is 4.79 Å². The van der Waals surface area contributed by atoms with E-state index in [-0.39, 0.29) is 5.91 Å². The number of carbonyl (C=O) groups is 1. The van der Waals surface area contributed by atoms with E-state index >= 15 is 0 Å². The van der Waals surface area contributed by atoms with Gasteiger partial charge < -0.3 is 16.0 Å². The molecule has 1 aliphatic heterocycles. The van der Waals surface area contributed by atoms with Gasteiger partial charge in [-0.2, -0.15) is 0 Å². The maximum absolute atomic E-state index is 11.5. The van der Waals surface area contributed by atoms with Crippen LogP contribution in [0.4, 0.5) is 0 Å². The van der Waals surface area contributed by atoms with Crippen LogP contribution in [0.5, 0.6) is 0 Å². The molecule has 0 aliphatic carbocycles. The van der Waals surface area contributed by atoms with Crippen LogP contribution in [0.15, 0.2) is 0 Å². The smallest absolute Gasteiger partial charge is 0.237 e. The lowest BCUT2D eigenvalue weighted by Crippen LogP contribution is -2.53. The molecule has 1 aliphatic rings. The summed E-state index contributed by atoms with van der Waals surface area (Å²) in [7, 11) is 0. The van der Waals surface area contributed by atoms with E-state index in [2.05, 4.69) is 24.1 Å². The molecular formula is C15H31N3O. The number of primary amides is 1. The summed E-state index contributed by atoms with van der Waals surface area (Å²) in [6.07, 6.45) is 4.42. The highest BCUT2D eigenvalue weighted by Gasteiger charge is 2.30. The highest BCUT2D eigenvalue weighted by Crippen LogP contribution is 2.23. The molecule has 3 N–H and O–H groups in total. The van der Waals surface area contributed by atoms with Crippen LogP contribution in [0, 0.1) is 5.92 Å². The zero-order valence-corrected chi connectivity index (χ0v) is 13.0. The number of piperidine rings is 1. The fourth-order valence-corrected chi connectivity index (χ4v) is 3.11. The maximum Gasteiger partial charge on any atom is 0.237 e. The van der Waals surface area contributed by atoms with Gasteiger partial charge in [-0.3, -0.25) is 4.79 Å². The maximum atomic E-state index is 11.5. The predicted octanol–water partition coefficient (Wildman–Crippen LogP) is 1.74. The first-order valence-electron chi connectivity index (χ1n) is 7.68. The fraction of sp³-hybridized carbons (Fsp3) is 0.933. The zero-order chi connectivity index (χ0) is 14.5. The van der Waals surface area contributed by atoms with Gasteiger partial charge in [0.1, 0.15) is 0 Å². The zero-order valence-electron chi connectivity index (χ0n) is 13.0. The Balaban J connectivity index is 2.38. The summed E-state index contributed by atoms with van der Waals surface area (Å²) >= 11 is 0. The largest absolute Gasteiger partial charge is 0.368 e. The van der Waals surface area contributed by atoms with Crippen molar-refractivity contribution >= 4 is 5.91 Å². The van der Waals surface area contributed by atoms with Gasteiger partial charge in [-0.15, -0.1) is 0 Å². The first-order valence-corrected chi connectivity index (χ1v) is 7.68. The second kappa shape index (κ2) is 7.25. The molecule has 1 heterocycles. The van der Waals surface area contributed by atoms with E-state index in [4.69, 9.17) is 5.73 Å². The molecule has 0 aromatic rings. The van der Waals surface area contributed by atoms with Crippen LogP contribution >= 0.6 is 0 Å². The second-order valence-electron chi connectivity index (χ2n) is 6.34. The normalized spacial score (nSPS) is 28.0. The molecule has 4 heteroatoms. The Morgan fingerprint density at radius 1 is 1.47 bits per heavy atom. The van der Waals surface area contributed by atoms with Crippen molar-refractivity contribution in [3.05, 3.63) is 0 Å². The van der Waals surface area contributed by atoms with Crippen molar-refractivity contribution in [2.24, 2.45) is 11.7 Å². The average Bonchev–Trinajstić information content (AvgIpc) is 2.32. The standard InChI is InChI=1S/C15H31N3O/c1-5-17-15(4,14(16)19)8-6-9-18-10-7-12(2)11-13(18)3/h12-13,17H,5-11H2,1-4H3,(H2,16,19). The van der Waals surface area contributed by atoms with Crippen molar-refractivity contribution in [1.82, 2.24) is 10.2 Å². The monoisotopic (exact) mass is 269 g/mol. The third-order valence-corrected chi connectivity index (χ3v) is 4.51. The quantitative estimate of drug-likeness (QED) is 0.740. The lowest BCUT2D eigenvalue weighted by atomic mass is 9.91. The summed E-state index contributed by atoms with van der Waals surface area (Å²) < 4.78 is 0. The number of nitrogens with two attached hydrogens (primary N) is 1. The molecule has 112 valence electrons. The summed E-state index contributed by atoms with van der Waals surface area (Å²) in [6, 6.07) is 0.669. The number of hydrogen-bond acceptors (Lipinski definition) is 3. The number of likely N-dealkylation sites (N-methyl/N-ethyl adjacent to an activating group) is 1. The molecule has 1 amide bonds. The van der Waals surface area contributed by atoms with Crippen LogP contribution in [0.2, 0.25) is 0 Å². The molecule has 0 saturated carbocycles. The predicted molar refractivity (Wildman–Crippen MR) is 79.9 cm³/mol. The number of nitrogens with one attached hydrogen (secondary N) is 1. The van der Waals surface area contributed by atoms with Crippen LogP contribution in [0.25, 0.3) is 0 Å². The molecule has 19 heavy (non-hydrogen) atoms. The molecular weight excluding hydrogens is 238 g/mol. The van der Waals surface area contributed by atoms with E-state index in [1.165, 1.54) is 19.4 Å². The topological polar surface area (TPSA) is 58.4 Å². The van der Waals surface area contributed by atoms with Crippen LogP contribution in [0.1, 0.15) is 53.4 Å². The minimum Gasteiger partial charge on any atom is -0.368 e. The van der Waals surface area contributed by atoms with Gasteiger partial charge in [-0.1, -0.05) is 13.8 Å². The Hall–Kier alpha value is -0.610. The van der Waals surface area contributed by atoms with Gasteiger partial charge in [0, 0.05) is 6.04 Å². The second-order valence-corrected chi connectivity index (χ2v) is 6.34. The summed E-state index contributed by atoms with van der Waals surface area (Å²) in [5.41, 5.74) is 4.95. The van der Waals surface area contributed by atoms with Crippen LogP contribution in [0.3, 0.4) is 0 Å². The lowest BCUT2D eigenvalue weighted by molar-refractivity contribution is -0.124. The van der Waals surface area contributed by atoms with E-state index in [1.807, 2.05) is 13.8 Å². The van der Waals surface area contributed by atoms with Gasteiger partial charge >= 0.3 is 0 Å². The Morgan fingerprint density at radius 3 is 2.68 bits per heavy atom. The van der Waals surface area contributed by atoms with Gasteiger partial charge in [-0.25, -0.2) is 0 Å². The van der Waals surface area contributed by atoms with Crippen LogP contribution < -0.4 is 11.1 Å². The van der Waals surface area contributed by atoms with E-state index in [1.54, 1.807) is 0 Å². The number of rotatable bonds is 7. The molecule has 1 saturated heterocycles. The average molecular weight is 269 g/mol. The Morgan fingerprint density at radius 2 is 2.16 bits per heavy atom. The molecule has 4 nitrogen and oxygen atoms in total. The van der Waals surface area contributed by atoms with Crippen molar-refractivity contribution in [3.63, 3.8) is 0 Å². The molecule has 0 radical (unpaired) electrons. The number of likely N-dealkylation sites (tertiary alicyclic amines) is 1. The SMILES string of the molecule is CCNC(C)(CCCN1CCC(C)CC1C)C(N)=O. The number of nitrogens with zero attached hydrogens (tertiary/aromatic N) is 1. The Labute approximate surface area is 118 Å². The van der Waals surface area contributed by atoms with Crippen molar-refractivity contribution in [2.45, 2.75) is 65.0 Å². The van der Waals surface area contributed by atoms with Crippen LogP contribution in [-0.4, -0.2) is 42.0 Å². The Kier molecular flexibility index (Phi) is 6.27. The first-order chi connectivity index (χ1) is 8.89. The number of carbonyl (C=O) groups excluding carboxylic acids is 1. The highest BCUT2D eigenvalue weighted by atomic mass is 16.1. The van der Waals surface area contributed by atoms with Crippen molar-refractivity contribution in [3.8, 4) is 0 Å². The minimum absolute atomic E-state index is 0.241. The molecule has 0 aromatic carbocycles. The van der Waals surface area contributed by atoms with Gasteiger partial charge in [0.2, 0.25) is 5.91 Å². The van der Waals surface area contributed by atoms with Gasteiger partial charge in [0.05, 0.1) is 5.54 Å². The van der Waals surface area contributed by atoms with Crippen LogP contribution in [-0.2, 0) is 4.79 Å². The Bertz CT molecular complexity index is 295. The highest BCUT2D eigenvalue weighted by molar-refractivity contribution is 5.84. The molecule has 3 atom stereocenters. The first kappa shape index (κ1) is 16.4. The third kappa shape index (κ3) is 4.77. The minimum atomic E-state index is -0.554. The molecule has 1 rings (SSSR count). The summed E-state index contributed by atoms with van der Waals surface area (Å²) in [4.78, 5) is 14.1. The van der Waals surface area contributed by atoms with Gasteiger partial charge in [0.15, 0.2) is 0 Å². The van der Waals surface area contributed by atoms with E-state index in [0.29, 0.717) is 6.04 Å². The number of amides is 1. The third-order valence-electron chi connectivity index (χ3n) is 4.51. The van der Waals surface area contributed by atoms with Gasteiger partial charge in [0.25, 0.3) is 0 Å². The molecule has 0 bridgehead atoms.